The highest BCUT2D eigenvalue weighted by atomic mass is 35.5. The van der Waals surface area contributed by atoms with E-state index in [1.54, 1.807) is 42.5 Å². The smallest absolute Gasteiger partial charge is 0.265 e. The Morgan fingerprint density at radius 1 is 1.11 bits per heavy atom. The average molecular weight is 403 g/mol. The fraction of sp³-hybridized carbons (Fsp3) is 0.364. The Morgan fingerprint density at radius 3 is 2.46 bits per heavy atom. The van der Waals surface area contributed by atoms with E-state index in [1.807, 2.05) is 27.7 Å². The number of hydrogen-bond acceptors (Lipinski definition) is 3. The monoisotopic (exact) mass is 402 g/mol. The summed E-state index contributed by atoms with van der Waals surface area (Å²) in [5.41, 5.74) is 1.76. The second-order valence-corrected chi connectivity index (χ2v) is 7.15. The highest BCUT2D eigenvalue weighted by molar-refractivity contribution is 6.31. The van der Waals surface area contributed by atoms with Crippen molar-refractivity contribution in [2.45, 2.75) is 52.7 Å². The van der Waals surface area contributed by atoms with E-state index in [0.29, 0.717) is 28.4 Å². The minimum Gasteiger partial charge on any atom is -0.481 e. The molecule has 0 saturated heterocycles. The van der Waals surface area contributed by atoms with Crippen LogP contribution in [0.15, 0.2) is 42.5 Å². The van der Waals surface area contributed by atoms with Crippen molar-refractivity contribution in [1.29, 1.82) is 0 Å². The number of benzene rings is 2. The third-order valence-corrected chi connectivity index (χ3v) is 4.91. The van der Waals surface area contributed by atoms with Crippen LogP contribution in [0.5, 0.6) is 5.75 Å². The van der Waals surface area contributed by atoms with Gasteiger partial charge in [-0.2, -0.15) is 0 Å². The Hall–Kier alpha value is -2.53. The predicted molar refractivity (Wildman–Crippen MR) is 113 cm³/mol. The molecule has 0 fully saturated rings. The predicted octanol–water partition coefficient (Wildman–Crippen LogP) is 4.97. The van der Waals surface area contributed by atoms with Gasteiger partial charge in [0.2, 0.25) is 0 Å². The second-order valence-electron chi connectivity index (χ2n) is 6.74. The van der Waals surface area contributed by atoms with Crippen LogP contribution in [0.1, 0.15) is 49.5 Å². The number of nitrogens with one attached hydrogen (secondary N) is 2. The lowest BCUT2D eigenvalue weighted by Gasteiger charge is -2.19. The van der Waals surface area contributed by atoms with Gasteiger partial charge in [-0.3, -0.25) is 9.59 Å². The van der Waals surface area contributed by atoms with Gasteiger partial charge in [0.1, 0.15) is 5.75 Å². The third-order valence-electron chi connectivity index (χ3n) is 4.49. The van der Waals surface area contributed by atoms with Gasteiger partial charge in [0.15, 0.2) is 6.10 Å². The zero-order valence-corrected chi connectivity index (χ0v) is 17.5. The van der Waals surface area contributed by atoms with Crippen molar-refractivity contribution in [1.82, 2.24) is 5.32 Å². The van der Waals surface area contributed by atoms with E-state index in [4.69, 9.17) is 16.3 Å². The maximum absolute atomic E-state index is 12.8. The van der Waals surface area contributed by atoms with Crippen molar-refractivity contribution in [2.24, 2.45) is 0 Å². The first-order chi connectivity index (χ1) is 13.3. The number of rotatable bonds is 8. The van der Waals surface area contributed by atoms with Crippen LogP contribution >= 0.6 is 11.6 Å². The summed E-state index contributed by atoms with van der Waals surface area (Å²) in [6.07, 6.45) is 0.618. The molecule has 0 spiro atoms. The maximum Gasteiger partial charge on any atom is 0.265 e. The van der Waals surface area contributed by atoms with Gasteiger partial charge in [-0.1, -0.05) is 37.6 Å². The molecule has 28 heavy (non-hydrogen) atoms. The van der Waals surface area contributed by atoms with Crippen LogP contribution in [-0.2, 0) is 4.79 Å². The van der Waals surface area contributed by atoms with Crippen molar-refractivity contribution in [3.8, 4) is 5.75 Å². The summed E-state index contributed by atoms with van der Waals surface area (Å²) in [4.78, 5) is 25.3. The van der Waals surface area contributed by atoms with E-state index in [-0.39, 0.29) is 17.9 Å². The normalized spacial score (nSPS) is 12.8. The number of ether oxygens (including phenoxy) is 1. The molecule has 0 radical (unpaired) electrons. The summed E-state index contributed by atoms with van der Waals surface area (Å²) in [6.45, 7) is 7.69. The van der Waals surface area contributed by atoms with Gasteiger partial charge < -0.3 is 15.4 Å². The molecule has 2 amide bonds. The molecule has 2 aromatic rings. The van der Waals surface area contributed by atoms with Gasteiger partial charge >= 0.3 is 0 Å². The molecular weight excluding hydrogens is 376 g/mol. The lowest BCUT2D eigenvalue weighted by atomic mass is 10.1. The maximum atomic E-state index is 12.8. The van der Waals surface area contributed by atoms with E-state index in [0.717, 1.165) is 12.0 Å². The van der Waals surface area contributed by atoms with E-state index in [2.05, 4.69) is 10.6 Å². The van der Waals surface area contributed by atoms with Gasteiger partial charge in [-0.15, -0.1) is 0 Å². The molecular formula is C22H27ClN2O3. The standard InChI is InChI=1S/C22H27ClN2O3/c1-5-15(4)24-21(26)17-9-7-8-10-19(17)25-22(27)20(6-2)28-16-11-12-18(23)14(3)13-16/h7-13,15,20H,5-6H2,1-4H3,(H,24,26)(H,25,27)/t15-,20-/m0/s1. The van der Waals surface area contributed by atoms with Gasteiger partial charge in [-0.05, 0) is 62.6 Å². The van der Waals surface area contributed by atoms with Crippen LogP contribution in [-0.4, -0.2) is 24.0 Å². The molecule has 0 unspecified atom stereocenters. The van der Waals surface area contributed by atoms with E-state index >= 15 is 0 Å². The van der Waals surface area contributed by atoms with Crippen LogP contribution in [0.2, 0.25) is 5.02 Å². The zero-order valence-electron chi connectivity index (χ0n) is 16.7. The molecule has 2 aromatic carbocycles. The van der Waals surface area contributed by atoms with Gasteiger partial charge in [0.25, 0.3) is 11.8 Å². The fourth-order valence-electron chi connectivity index (χ4n) is 2.58. The number of amides is 2. The minimum atomic E-state index is -0.689. The highest BCUT2D eigenvalue weighted by Crippen LogP contribution is 2.23. The van der Waals surface area contributed by atoms with Crippen molar-refractivity contribution >= 4 is 29.1 Å². The molecule has 2 atom stereocenters. The van der Waals surface area contributed by atoms with E-state index in [9.17, 15) is 9.59 Å². The number of halogens is 1. The largest absolute Gasteiger partial charge is 0.481 e. The summed E-state index contributed by atoms with van der Waals surface area (Å²) < 4.78 is 5.84. The van der Waals surface area contributed by atoms with Crippen molar-refractivity contribution in [2.75, 3.05) is 5.32 Å². The SMILES string of the molecule is CC[C@H](Oc1ccc(Cl)c(C)c1)C(=O)Nc1ccccc1C(=O)N[C@@H](C)CC. The number of para-hydroxylation sites is 1. The second kappa shape index (κ2) is 10.1. The number of aryl methyl sites for hydroxylation is 1. The molecule has 0 aliphatic rings. The van der Waals surface area contributed by atoms with Gasteiger partial charge in [0, 0.05) is 11.1 Å². The molecule has 0 bridgehead atoms. The summed E-state index contributed by atoms with van der Waals surface area (Å²) >= 11 is 6.04. The summed E-state index contributed by atoms with van der Waals surface area (Å²) in [5, 5.41) is 6.39. The van der Waals surface area contributed by atoms with Crippen LogP contribution in [0, 0.1) is 6.92 Å². The Labute approximate surface area is 171 Å². The first kappa shape index (κ1) is 21.8. The molecule has 0 saturated carbocycles. The van der Waals surface area contributed by atoms with Gasteiger partial charge in [-0.25, -0.2) is 0 Å². The van der Waals surface area contributed by atoms with Crippen molar-refractivity contribution < 1.29 is 14.3 Å². The summed E-state index contributed by atoms with van der Waals surface area (Å²) in [5.74, 6) is 0.0538. The lowest BCUT2D eigenvalue weighted by Crippen LogP contribution is -2.35. The van der Waals surface area contributed by atoms with Crippen molar-refractivity contribution in [3.63, 3.8) is 0 Å². The van der Waals surface area contributed by atoms with E-state index < -0.39 is 6.10 Å². The van der Waals surface area contributed by atoms with Gasteiger partial charge in [0.05, 0.1) is 11.3 Å². The molecule has 2 rings (SSSR count). The first-order valence-corrected chi connectivity index (χ1v) is 9.87. The first-order valence-electron chi connectivity index (χ1n) is 9.49. The molecule has 2 N–H and O–H groups in total. The van der Waals surface area contributed by atoms with Crippen molar-refractivity contribution in [3.05, 3.63) is 58.6 Å². The minimum absolute atomic E-state index is 0.0520. The molecule has 150 valence electrons. The summed E-state index contributed by atoms with van der Waals surface area (Å²) in [7, 11) is 0. The molecule has 0 aliphatic carbocycles. The molecule has 0 aromatic heterocycles. The zero-order chi connectivity index (χ0) is 20.7. The number of anilines is 1. The quantitative estimate of drug-likeness (QED) is 0.654. The van der Waals surface area contributed by atoms with Crippen LogP contribution in [0.3, 0.4) is 0 Å². The lowest BCUT2D eigenvalue weighted by molar-refractivity contribution is -0.122. The molecule has 5 nitrogen and oxygen atoms in total. The topological polar surface area (TPSA) is 67.4 Å². The Morgan fingerprint density at radius 2 is 1.82 bits per heavy atom. The molecule has 6 heteroatoms. The number of hydrogen-bond donors (Lipinski definition) is 2. The number of carbonyl (C=O) groups excluding carboxylic acids is 2. The van der Waals surface area contributed by atoms with Crippen LogP contribution < -0.4 is 15.4 Å². The number of carbonyl (C=O) groups is 2. The molecule has 0 aliphatic heterocycles. The summed E-state index contributed by atoms with van der Waals surface area (Å²) in [6, 6.07) is 12.3. The average Bonchev–Trinajstić information content (AvgIpc) is 2.68. The fourth-order valence-corrected chi connectivity index (χ4v) is 2.70. The Bertz CT molecular complexity index is 838. The third kappa shape index (κ3) is 5.73. The van der Waals surface area contributed by atoms with Crippen LogP contribution in [0.25, 0.3) is 0 Å². The molecule has 0 heterocycles. The Kier molecular flexibility index (Phi) is 7.88. The highest BCUT2D eigenvalue weighted by Gasteiger charge is 2.21. The Balaban J connectivity index is 2.14. The van der Waals surface area contributed by atoms with E-state index in [1.165, 1.54) is 0 Å². The van der Waals surface area contributed by atoms with Crippen LogP contribution in [0.4, 0.5) is 5.69 Å².